The van der Waals surface area contributed by atoms with Crippen LogP contribution in [0.15, 0.2) is 54.6 Å². The Hall–Kier alpha value is -3.10. The highest BCUT2D eigenvalue weighted by Crippen LogP contribution is 2.28. The van der Waals surface area contributed by atoms with Gasteiger partial charge in [-0.15, -0.1) is 0 Å². The normalized spacial score (nSPS) is 15.0. The molecule has 2 aromatic carbocycles. The van der Waals surface area contributed by atoms with Gasteiger partial charge in [-0.05, 0) is 37.5 Å². The summed E-state index contributed by atoms with van der Waals surface area (Å²) in [5.41, 5.74) is 1.21. The summed E-state index contributed by atoms with van der Waals surface area (Å²) >= 11 is 0. The van der Waals surface area contributed by atoms with E-state index in [1.54, 1.807) is 23.1 Å². The molecule has 1 aliphatic rings. The number of hydrogen-bond donors (Lipinski definition) is 2. The molecular weight excluding hydrogens is 354 g/mol. The van der Waals surface area contributed by atoms with E-state index in [-0.39, 0.29) is 18.1 Å². The first kappa shape index (κ1) is 21.2. The molecular formula is C23H25NO4. The standard InChI is InChI=1S/C21H23NO3.C2H2O/c1-16-7-5-6-10-18(16)19(23)15-21(25)11-13-22(14-12-21)20(24)17-8-3-2-4-9-17;1-2-3/h2-10,25H,11-15H2,1H3;1,3H. The Balaban J connectivity index is 0.000000878. The second kappa shape index (κ2) is 9.72. The molecule has 1 saturated heterocycles. The molecule has 0 saturated carbocycles. The monoisotopic (exact) mass is 379 g/mol. The van der Waals surface area contributed by atoms with Crippen LogP contribution >= 0.6 is 0 Å². The topological polar surface area (TPSA) is 77.8 Å². The van der Waals surface area contributed by atoms with Crippen molar-refractivity contribution in [1.82, 2.24) is 4.90 Å². The number of benzene rings is 2. The third kappa shape index (κ3) is 5.45. The summed E-state index contributed by atoms with van der Waals surface area (Å²) in [6, 6.07) is 16.6. The van der Waals surface area contributed by atoms with E-state index in [1.807, 2.05) is 43.3 Å². The summed E-state index contributed by atoms with van der Waals surface area (Å²) in [6.07, 6.45) is 6.34. The van der Waals surface area contributed by atoms with E-state index in [9.17, 15) is 14.7 Å². The molecule has 1 aliphatic heterocycles. The summed E-state index contributed by atoms with van der Waals surface area (Å²) < 4.78 is 0. The molecule has 5 nitrogen and oxygen atoms in total. The van der Waals surface area contributed by atoms with Gasteiger partial charge in [-0.1, -0.05) is 48.9 Å². The first-order valence-corrected chi connectivity index (χ1v) is 9.15. The van der Waals surface area contributed by atoms with Crippen molar-refractivity contribution in [3.63, 3.8) is 0 Å². The Morgan fingerprint density at radius 3 is 2.18 bits per heavy atom. The lowest BCUT2D eigenvalue weighted by molar-refractivity contribution is -0.0180. The molecule has 0 spiro atoms. The minimum absolute atomic E-state index is 0.0205. The molecule has 0 bridgehead atoms. The van der Waals surface area contributed by atoms with Crippen LogP contribution in [0.1, 0.15) is 45.5 Å². The number of hydrogen-bond acceptors (Lipinski definition) is 4. The van der Waals surface area contributed by atoms with Crippen LogP contribution < -0.4 is 0 Å². The summed E-state index contributed by atoms with van der Waals surface area (Å²) in [6.45, 7) is 2.83. The fraction of sp³-hybridized carbons (Fsp3) is 0.304. The lowest BCUT2D eigenvalue weighted by atomic mass is 9.84. The first-order valence-electron chi connectivity index (χ1n) is 9.15. The second-order valence-electron chi connectivity index (χ2n) is 6.93. The van der Waals surface area contributed by atoms with Gasteiger partial charge in [0.25, 0.3) is 5.91 Å². The van der Waals surface area contributed by atoms with Crippen LogP contribution in [0.2, 0.25) is 0 Å². The molecule has 2 N–H and O–H groups in total. The first-order chi connectivity index (χ1) is 13.4. The maximum Gasteiger partial charge on any atom is 0.253 e. The van der Waals surface area contributed by atoms with E-state index >= 15 is 0 Å². The Kier molecular flexibility index (Phi) is 7.36. The Bertz CT molecular complexity index is 846. The van der Waals surface area contributed by atoms with Gasteiger partial charge >= 0.3 is 0 Å². The highest BCUT2D eigenvalue weighted by atomic mass is 16.3. The number of aliphatic hydroxyl groups excluding tert-OH is 1. The van der Waals surface area contributed by atoms with Gasteiger partial charge in [0.1, 0.15) is 6.11 Å². The fourth-order valence-corrected chi connectivity index (χ4v) is 3.35. The van der Waals surface area contributed by atoms with Crippen molar-refractivity contribution in [2.24, 2.45) is 0 Å². The van der Waals surface area contributed by atoms with Crippen LogP contribution in [0.25, 0.3) is 0 Å². The zero-order valence-corrected chi connectivity index (χ0v) is 16.0. The van der Waals surface area contributed by atoms with E-state index in [4.69, 9.17) is 5.11 Å². The fourth-order valence-electron chi connectivity index (χ4n) is 3.35. The number of likely N-dealkylation sites (tertiary alicyclic amines) is 1. The van der Waals surface area contributed by atoms with Gasteiger partial charge < -0.3 is 15.1 Å². The number of nitrogens with zero attached hydrogens (tertiary/aromatic N) is 1. The molecule has 5 heteroatoms. The average Bonchev–Trinajstić information content (AvgIpc) is 2.69. The maximum atomic E-state index is 12.5. The zero-order chi connectivity index (χ0) is 20.6. The van der Waals surface area contributed by atoms with Crippen LogP contribution in [-0.4, -0.2) is 45.5 Å². The zero-order valence-electron chi connectivity index (χ0n) is 16.0. The summed E-state index contributed by atoms with van der Waals surface area (Å²) in [5.74, 6) is -0.0590. The molecule has 0 atom stereocenters. The quantitative estimate of drug-likeness (QED) is 0.632. The average molecular weight is 379 g/mol. The molecule has 28 heavy (non-hydrogen) atoms. The predicted molar refractivity (Wildman–Crippen MR) is 107 cm³/mol. The van der Waals surface area contributed by atoms with Crippen LogP contribution in [0.5, 0.6) is 0 Å². The number of aliphatic hydroxyl groups is 2. The highest BCUT2D eigenvalue weighted by molar-refractivity contribution is 5.98. The van der Waals surface area contributed by atoms with Gasteiger partial charge in [-0.25, -0.2) is 0 Å². The predicted octanol–water partition coefficient (Wildman–Crippen LogP) is 3.18. The molecule has 2 aromatic rings. The second-order valence-corrected chi connectivity index (χ2v) is 6.93. The summed E-state index contributed by atoms with van der Waals surface area (Å²) in [7, 11) is 0. The van der Waals surface area contributed by atoms with E-state index in [0.717, 1.165) is 5.56 Å². The van der Waals surface area contributed by atoms with Crippen LogP contribution in [-0.2, 0) is 0 Å². The minimum Gasteiger partial charge on any atom is -0.462 e. The largest absolute Gasteiger partial charge is 0.462 e. The number of terminal acetylenes is 1. The summed E-state index contributed by atoms with van der Waals surface area (Å²) in [5, 5.41) is 17.9. The third-order valence-corrected chi connectivity index (χ3v) is 4.94. The number of aryl methyl sites for hydroxylation is 1. The number of carbonyl (C=O) groups excluding carboxylic acids is 2. The van der Waals surface area contributed by atoms with E-state index in [1.165, 1.54) is 6.11 Å². The van der Waals surface area contributed by atoms with Crippen LogP contribution in [0.4, 0.5) is 0 Å². The number of piperidine rings is 1. The van der Waals surface area contributed by atoms with Crippen molar-refractivity contribution in [3.05, 3.63) is 71.3 Å². The van der Waals surface area contributed by atoms with Crippen molar-refractivity contribution in [2.45, 2.75) is 31.8 Å². The maximum absolute atomic E-state index is 12.5. The molecule has 1 heterocycles. The molecule has 3 rings (SSSR count). The smallest absolute Gasteiger partial charge is 0.253 e. The van der Waals surface area contributed by atoms with Gasteiger partial charge in [-0.2, -0.15) is 0 Å². The van der Waals surface area contributed by atoms with E-state index in [0.29, 0.717) is 37.1 Å². The number of rotatable bonds is 4. The minimum atomic E-state index is -1.03. The number of amides is 1. The van der Waals surface area contributed by atoms with Gasteiger partial charge in [0.15, 0.2) is 5.78 Å². The number of ketones is 1. The Labute approximate surface area is 165 Å². The number of Topliss-reactive ketones (excluding diaryl/α,β-unsaturated/α-hetero) is 1. The highest BCUT2D eigenvalue weighted by Gasteiger charge is 2.36. The van der Waals surface area contributed by atoms with Crippen molar-refractivity contribution < 1.29 is 19.8 Å². The molecule has 0 radical (unpaired) electrons. The van der Waals surface area contributed by atoms with Crippen molar-refractivity contribution in [1.29, 1.82) is 0 Å². The van der Waals surface area contributed by atoms with Crippen molar-refractivity contribution in [2.75, 3.05) is 13.1 Å². The molecule has 0 aromatic heterocycles. The third-order valence-electron chi connectivity index (χ3n) is 4.94. The Morgan fingerprint density at radius 2 is 1.61 bits per heavy atom. The van der Waals surface area contributed by atoms with Crippen molar-refractivity contribution >= 4 is 11.7 Å². The van der Waals surface area contributed by atoms with Gasteiger partial charge in [0, 0.05) is 30.6 Å². The lowest BCUT2D eigenvalue weighted by Gasteiger charge is -2.38. The Morgan fingerprint density at radius 1 is 1.07 bits per heavy atom. The van der Waals surface area contributed by atoms with Gasteiger partial charge in [0.05, 0.1) is 5.60 Å². The van der Waals surface area contributed by atoms with Gasteiger partial charge in [0.2, 0.25) is 0 Å². The molecule has 146 valence electrons. The van der Waals surface area contributed by atoms with Crippen molar-refractivity contribution in [3.8, 4) is 12.5 Å². The molecule has 1 amide bonds. The lowest BCUT2D eigenvalue weighted by Crippen LogP contribution is -2.47. The molecule has 0 aliphatic carbocycles. The van der Waals surface area contributed by atoms with Gasteiger partial charge in [-0.3, -0.25) is 9.59 Å². The number of carbonyl (C=O) groups is 2. The van der Waals surface area contributed by atoms with E-state index in [2.05, 4.69) is 6.42 Å². The molecule has 0 unspecified atom stereocenters. The van der Waals surface area contributed by atoms with Crippen LogP contribution in [0, 0.1) is 19.5 Å². The molecule has 1 fully saturated rings. The van der Waals surface area contributed by atoms with E-state index < -0.39 is 5.60 Å². The SMILES string of the molecule is C#CO.Cc1ccccc1C(=O)CC1(O)CCN(C(=O)c2ccccc2)CC1. The summed E-state index contributed by atoms with van der Waals surface area (Å²) in [4.78, 5) is 26.8. The van der Waals surface area contributed by atoms with Crippen LogP contribution in [0.3, 0.4) is 0 Å².